The maximum atomic E-state index is 12.4. The van der Waals surface area contributed by atoms with Crippen LogP contribution in [0, 0.1) is 0 Å². The van der Waals surface area contributed by atoms with Crippen LogP contribution >= 0.6 is 11.8 Å². The highest BCUT2D eigenvalue weighted by Gasteiger charge is 2.23. The largest absolute Gasteiger partial charge is 0.493 e. The van der Waals surface area contributed by atoms with Crippen molar-refractivity contribution in [1.29, 1.82) is 0 Å². The molecule has 29 heavy (non-hydrogen) atoms. The van der Waals surface area contributed by atoms with E-state index in [1.54, 1.807) is 32.4 Å². The third-order valence-corrected chi connectivity index (χ3v) is 5.99. The van der Waals surface area contributed by atoms with Crippen molar-refractivity contribution < 1.29 is 14.3 Å². The van der Waals surface area contributed by atoms with Crippen molar-refractivity contribution in [3.05, 3.63) is 36.7 Å². The second-order valence-corrected chi connectivity index (χ2v) is 7.92. The van der Waals surface area contributed by atoms with Crippen LogP contribution in [0.3, 0.4) is 0 Å². The lowest BCUT2D eigenvalue weighted by molar-refractivity contribution is -0.113. The number of carbonyl (C=O) groups excluding carboxylic acids is 1. The van der Waals surface area contributed by atoms with E-state index in [9.17, 15) is 4.79 Å². The smallest absolute Gasteiger partial charge is 0.234 e. The third kappa shape index (κ3) is 5.32. The number of allylic oxidation sites excluding steroid dienone is 1. The van der Waals surface area contributed by atoms with Gasteiger partial charge >= 0.3 is 0 Å². The Kier molecular flexibility index (Phi) is 7.57. The Hall–Kier alpha value is -2.48. The molecular formula is C21H28N4O3S. The Morgan fingerprint density at radius 1 is 1.24 bits per heavy atom. The summed E-state index contributed by atoms with van der Waals surface area (Å²) in [4.78, 5) is 12.4. The average molecular weight is 417 g/mol. The number of carbonyl (C=O) groups is 1. The summed E-state index contributed by atoms with van der Waals surface area (Å²) in [6, 6.07) is 5.28. The van der Waals surface area contributed by atoms with Crippen LogP contribution in [-0.4, -0.2) is 40.6 Å². The molecule has 8 heteroatoms. The summed E-state index contributed by atoms with van der Waals surface area (Å²) in [6.45, 7) is 4.51. The molecule has 1 saturated carbocycles. The van der Waals surface area contributed by atoms with Crippen LogP contribution in [0.2, 0.25) is 0 Å². The molecule has 7 nitrogen and oxygen atoms in total. The number of thioether (sulfide) groups is 1. The van der Waals surface area contributed by atoms with Crippen molar-refractivity contribution in [2.45, 2.75) is 49.7 Å². The van der Waals surface area contributed by atoms with Crippen LogP contribution in [-0.2, 0) is 11.3 Å². The molecule has 0 unspecified atom stereocenters. The van der Waals surface area contributed by atoms with Gasteiger partial charge in [-0.3, -0.25) is 4.79 Å². The monoisotopic (exact) mass is 416 g/mol. The number of benzene rings is 1. The zero-order valence-electron chi connectivity index (χ0n) is 17.0. The van der Waals surface area contributed by atoms with E-state index in [-0.39, 0.29) is 11.7 Å². The standard InChI is InChI=1S/C21H28N4O3S/c1-4-12-25-20(15-8-6-5-7-9-15)23-24-21(25)29-14-19(26)22-16-10-11-17(27-2)18(13-16)28-3/h4,10-11,13,15H,1,5-9,12,14H2,2-3H3,(H,22,26). The molecule has 1 aromatic heterocycles. The Labute approximate surface area is 175 Å². The molecule has 1 aromatic carbocycles. The van der Waals surface area contributed by atoms with Gasteiger partial charge < -0.3 is 19.4 Å². The van der Waals surface area contributed by atoms with E-state index in [2.05, 4.69) is 26.7 Å². The highest BCUT2D eigenvalue weighted by atomic mass is 32.2. The van der Waals surface area contributed by atoms with E-state index in [1.807, 2.05) is 6.08 Å². The minimum atomic E-state index is -0.116. The van der Waals surface area contributed by atoms with Crippen LogP contribution in [0.4, 0.5) is 5.69 Å². The van der Waals surface area contributed by atoms with Crippen molar-refractivity contribution in [3.8, 4) is 11.5 Å². The predicted octanol–water partition coefficient (Wildman–Crippen LogP) is 4.26. The number of hydrogen-bond donors (Lipinski definition) is 1. The van der Waals surface area contributed by atoms with Gasteiger partial charge in [-0.15, -0.1) is 16.8 Å². The first kappa shape index (κ1) is 21.2. The second kappa shape index (κ2) is 10.3. The zero-order chi connectivity index (χ0) is 20.6. The van der Waals surface area contributed by atoms with Crippen LogP contribution < -0.4 is 14.8 Å². The Morgan fingerprint density at radius 2 is 2.00 bits per heavy atom. The van der Waals surface area contributed by atoms with Crippen molar-refractivity contribution in [2.24, 2.45) is 0 Å². The average Bonchev–Trinajstić information content (AvgIpc) is 3.15. The number of methoxy groups -OCH3 is 2. The van der Waals surface area contributed by atoms with Crippen LogP contribution in [0.15, 0.2) is 36.0 Å². The number of hydrogen-bond acceptors (Lipinski definition) is 6. The maximum absolute atomic E-state index is 12.4. The Morgan fingerprint density at radius 3 is 2.69 bits per heavy atom. The van der Waals surface area contributed by atoms with E-state index in [1.165, 1.54) is 31.0 Å². The lowest BCUT2D eigenvalue weighted by Crippen LogP contribution is -2.15. The molecule has 1 aliphatic rings. The summed E-state index contributed by atoms with van der Waals surface area (Å²) in [7, 11) is 3.14. The van der Waals surface area contributed by atoms with Crippen molar-refractivity contribution in [2.75, 3.05) is 25.3 Å². The molecule has 1 fully saturated rings. The van der Waals surface area contributed by atoms with E-state index < -0.39 is 0 Å². The number of anilines is 1. The molecule has 1 N–H and O–H groups in total. The molecule has 1 aliphatic carbocycles. The molecule has 1 heterocycles. The highest BCUT2D eigenvalue weighted by molar-refractivity contribution is 7.99. The molecule has 0 bridgehead atoms. The third-order valence-electron chi connectivity index (χ3n) is 5.03. The highest BCUT2D eigenvalue weighted by Crippen LogP contribution is 2.33. The molecule has 0 aliphatic heterocycles. The van der Waals surface area contributed by atoms with Gasteiger partial charge in [0.2, 0.25) is 5.91 Å². The van der Waals surface area contributed by atoms with E-state index in [4.69, 9.17) is 9.47 Å². The van der Waals surface area contributed by atoms with Crippen LogP contribution in [0.25, 0.3) is 0 Å². The summed E-state index contributed by atoms with van der Waals surface area (Å²) < 4.78 is 12.6. The molecule has 156 valence electrons. The van der Waals surface area contributed by atoms with Gasteiger partial charge in [-0.05, 0) is 25.0 Å². The van der Waals surface area contributed by atoms with Crippen LogP contribution in [0.5, 0.6) is 11.5 Å². The van der Waals surface area contributed by atoms with Gasteiger partial charge in [0.1, 0.15) is 5.82 Å². The number of nitrogens with one attached hydrogen (secondary N) is 1. The fourth-order valence-electron chi connectivity index (χ4n) is 3.61. The number of rotatable bonds is 9. The summed E-state index contributed by atoms with van der Waals surface area (Å²) in [5, 5.41) is 12.4. The molecular weight excluding hydrogens is 388 g/mol. The predicted molar refractivity (Wildman–Crippen MR) is 115 cm³/mol. The Balaban J connectivity index is 1.64. The minimum absolute atomic E-state index is 0.116. The fourth-order valence-corrected chi connectivity index (χ4v) is 4.37. The quantitative estimate of drug-likeness (QED) is 0.486. The summed E-state index contributed by atoms with van der Waals surface area (Å²) in [5.74, 6) is 2.79. The maximum Gasteiger partial charge on any atom is 0.234 e. The van der Waals surface area contributed by atoms with Crippen molar-refractivity contribution in [1.82, 2.24) is 14.8 Å². The number of ether oxygens (including phenoxy) is 2. The molecule has 3 rings (SSSR count). The lowest BCUT2D eigenvalue weighted by atomic mass is 9.89. The molecule has 2 aromatic rings. The van der Waals surface area contributed by atoms with E-state index >= 15 is 0 Å². The summed E-state index contributed by atoms with van der Waals surface area (Å²) >= 11 is 1.39. The van der Waals surface area contributed by atoms with Gasteiger partial charge in [-0.25, -0.2) is 0 Å². The topological polar surface area (TPSA) is 78.3 Å². The van der Waals surface area contributed by atoms with E-state index in [0.717, 1.165) is 23.8 Å². The van der Waals surface area contributed by atoms with Crippen molar-refractivity contribution >= 4 is 23.4 Å². The van der Waals surface area contributed by atoms with E-state index in [0.29, 0.717) is 29.6 Å². The number of nitrogens with zero attached hydrogens (tertiary/aromatic N) is 3. The normalized spacial score (nSPS) is 14.4. The minimum Gasteiger partial charge on any atom is -0.493 e. The summed E-state index contributed by atoms with van der Waals surface area (Å²) in [6.07, 6.45) is 7.93. The number of amides is 1. The molecule has 0 atom stereocenters. The molecule has 0 radical (unpaired) electrons. The van der Waals surface area contributed by atoms with Gasteiger partial charge in [0.05, 0.1) is 20.0 Å². The van der Waals surface area contributed by atoms with Gasteiger partial charge in [0.15, 0.2) is 16.7 Å². The summed E-state index contributed by atoms with van der Waals surface area (Å²) in [5.41, 5.74) is 0.656. The molecule has 1 amide bonds. The number of aromatic nitrogens is 3. The second-order valence-electron chi connectivity index (χ2n) is 6.98. The van der Waals surface area contributed by atoms with Gasteiger partial charge in [-0.1, -0.05) is 37.1 Å². The fraction of sp³-hybridized carbons (Fsp3) is 0.476. The van der Waals surface area contributed by atoms with Gasteiger partial charge in [-0.2, -0.15) is 0 Å². The first-order valence-electron chi connectivity index (χ1n) is 9.85. The van der Waals surface area contributed by atoms with Gasteiger partial charge in [0.25, 0.3) is 0 Å². The van der Waals surface area contributed by atoms with Crippen molar-refractivity contribution in [3.63, 3.8) is 0 Å². The Bertz CT molecular complexity index is 846. The SMILES string of the molecule is C=CCn1c(SCC(=O)Nc2ccc(OC)c(OC)c2)nnc1C1CCCCC1. The first-order valence-corrected chi connectivity index (χ1v) is 10.8. The molecule has 0 spiro atoms. The first-order chi connectivity index (χ1) is 14.2. The zero-order valence-corrected chi connectivity index (χ0v) is 17.8. The molecule has 0 saturated heterocycles. The lowest BCUT2D eigenvalue weighted by Gasteiger charge is -2.21. The van der Waals surface area contributed by atoms with Crippen LogP contribution in [0.1, 0.15) is 43.8 Å². The van der Waals surface area contributed by atoms with Gasteiger partial charge in [0, 0.05) is 24.2 Å².